The fourth-order valence-corrected chi connectivity index (χ4v) is 3.17. The standard InChI is InChI=1S/C12H14ClNO5S/c1-2-5-14(6-7-15)20(18,19)9-3-4-11(13)10(8-9)12(16)17/h2-4,8,15H,1,5-7H2,(H,16,17). The minimum absolute atomic E-state index is 0.00786. The molecule has 1 aromatic carbocycles. The molecule has 0 saturated carbocycles. The molecule has 110 valence electrons. The molecule has 2 N–H and O–H groups in total. The smallest absolute Gasteiger partial charge is 0.337 e. The van der Waals surface area contributed by atoms with Crippen molar-refractivity contribution < 1.29 is 23.4 Å². The van der Waals surface area contributed by atoms with Gasteiger partial charge in [-0.2, -0.15) is 4.31 Å². The monoisotopic (exact) mass is 319 g/mol. The highest BCUT2D eigenvalue weighted by molar-refractivity contribution is 7.89. The maximum atomic E-state index is 12.3. The molecule has 8 heteroatoms. The van der Waals surface area contributed by atoms with E-state index < -0.39 is 16.0 Å². The van der Waals surface area contributed by atoms with Gasteiger partial charge in [-0.1, -0.05) is 17.7 Å². The van der Waals surface area contributed by atoms with Crippen molar-refractivity contribution in [3.8, 4) is 0 Å². The number of aliphatic hydroxyl groups is 1. The normalized spacial score (nSPS) is 11.6. The third-order valence-corrected chi connectivity index (χ3v) is 4.68. The average Bonchev–Trinajstić information content (AvgIpc) is 2.38. The number of sulfonamides is 1. The van der Waals surface area contributed by atoms with Gasteiger partial charge in [0.1, 0.15) is 0 Å². The maximum absolute atomic E-state index is 12.3. The van der Waals surface area contributed by atoms with Gasteiger partial charge in [0.25, 0.3) is 0 Å². The van der Waals surface area contributed by atoms with Crippen molar-refractivity contribution >= 4 is 27.6 Å². The van der Waals surface area contributed by atoms with Crippen LogP contribution in [0, 0.1) is 0 Å². The second-order valence-corrected chi connectivity index (χ2v) is 6.17. The van der Waals surface area contributed by atoms with E-state index in [1.807, 2.05) is 0 Å². The van der Waals surface area contributed by atoms with Crippen molar-refractivity contribution in [3.05, 3.63) is 41.4 Å². The molecule has 0 spiro atoms. The Labute approximate surface area is 122 Å². The third kappa shape index (κ3) is 3.57. The van der Waals surface area contributed by atoms with Crippen LogP contribution >= 0.6 is 11.6 Å². The van der Waals surface area contributed by atoms with E-state index in [1.165, 1.54) is 18.2 Å². The minimum Gasteiger partial charge on any atom is -0.478 e. The molecule has 0 saturated heterocycles. The number of rotatable bonds is 7. The second-order valence-electron chi connectivity index (χ2n) is 3.82. The van der Waals surface area contributed by atoms with Crippen LogP contribution in [0.2, 0.25) is 5.02 Å². The summed E-state index contributed by atoms with van der Waals surface area (Å²) < 4.78 is 25.7. The Kier molecular flexibility index (Phi) is 5.70. The van der Waals surface area contributed by atoms with Gasteiger partial charge in [-0.15, -0.1) is 6.58 Å². The summed E-state index contributed by atoms with van der Waals surface area (Å²) in [6.07, 6.45) is 1.38. The summed E-state index contributed by atoms with van der Waals surface area (Å²) in [5.41, 5.74) is -0.296. The zero-order valence-corrected chi connectivity index (χ0v) is 12.1. The lowest BCUT2D eigenvalue weighted by atomic mass is 10.2. The maximum Gasteiger partial charge on any atom is 0.337 e. The zero-order chi connectivity index (χ0) is 15.3. The molecule has 0 atom stereocenters. The second kappa shape index (κ2) is 6.85. The lowest BCUT2D eigenvalue weighted by Gasteiger charge is -2.19. The first-order chi connectivity index (χ1) is 9.34. The SMILES string of the molecule is C=CCN(CCO)S(=O)(=O)c1ccc(Cl)c(C(=O)O)c1. The number of carboxylic acid groups (broad SMARTS) is 1. The Balaban J connectivity index is 3.30. The number of halogens is 1. The van der Waals surface area contributed by atoms with E-state index >= 15 is 0 Å². The highest BCUT2D eigenvalue weighted by Gasteiger charge is 2.24. The summed E-state index contributed by atoms with van der Waals surface area (Å²) in [4.78, 5) is 10.8. The van der Waals surface area contributed by atoms with E-state index in [0.29, 0.717) is 0 Å². The Hall–Kier alpha value is -1.41. The van der Waals surface area contributed by atoms with Gasteiger partial charge in [0.15, 0.2) is 0 Å². The van der Waals surface area contributed by atoms with Gasteiger partial charge in [0.05, 0.1) is 22.1 Å². The van der Waals surface area contributed by atoms with Crippen molar-refractivity contribution in [2.45, 2.75) is 4.90 Å². The zero-order valence-electron chi connectivity index (χ0n) is 10.5. The Bertz CT molecular complexity index is 614. The summed E-state index contributed by atoms with van der Waals surface area (Å²) >= 11 is 5.70. The fraction of sp³-hybridized carbons (Fsp3) is 0.250. The molecule has 0 amide bonds. The van der Waals surface area contributed by atoms with Gasteiger partial charge in [0.2, 0.25) is 10.0 Å². The molecule has 1 rings (SSSR count). The van der Waals surface area contributed by atoms with E-state index in [9.17, 15) is 13.2 Å². The van der Waals surface area contributed by atoms with Crippen LogP contribution in [0.5, 0.6) is 0 Å². The first-order valence-corrected chi connectivity index (χ1v) is 7.41. The molecule has 0 aliphatic rings. The van der Waals surface area contributed by atoms with E-state index in [4.69, 9.17) is 21.8 Å². The quantitative estimate of drug-likeness (QED) is 0.737. The van der Waals surface area contributed by atoms with Gasteiger partial charge in [-0.05, 0) is 18.2 Å². The van der Waals surface area contributed by atoms with Gasteiger partial charge in [-0.3, -0.25) is 0 Å². The molecule has 0 aromatic heterocycles. The Morgan fingerprint density at radius 2 is 2.10 bits per heavy atom. The molecular weight excluding hydrogens is 306 g/mol. The Morgan fingerprint density at radius 1 is 1.45 bits per heavy atom. The van der Waals surface area contributed by atoms with E-state index in [-0.39, 0.29) is 35.2 Å². The predicted molar refractivity (Wildman–Crippen MR) is 74.5 cm³/mol. The van der Waals surface area contributed by atoms with Crippen molar-refractivity contribution in [1.82, 2.24) is 4.31 Å². The highest BCUT2D eigenvalue weighted by atomic mass is 35.5. The van der Waals surface area contributed by atoms with Gasteiger partial charge < -0.3 is 10.2 Å². The number of carboxylic acids is 1. The summed E-state index contributed by atoms with van der Waals surface area (Å²) in [6, 6.07) is 3.42. The van der Waals surface area contributed by atoms with Crippen molar-refractivity contribution in [2.75, 3.05) is 19.7 Å². The molecule has 0 fully saturated rings. The number of hydrogen-bond donors (Lipinski definition) is 2. The third-order valence-electron chi connectivity index (χ3n) is 2.49. The van der Waals surface area contributed by atoms with Gasteiger partial charge in [0, 0.05) is 13.1 Å². The van der Waals surface area contributed by atoms with Crippen LogP contribution in [0.3, 0.4) is 0 Å². The summed E-state index contributed by atoms with van der Waals surface area (Å²) in [7, 11) is -3.92. The number of nitrogens with zero attached hydrogens (tertiary/aromatic N) is 1. The van der Waals surface area contributed by atoms with Crippen molar-refractivity contribution in [3.63, 3.8) is 0 Å². The van der Waals surface area contributed by atoms with E-state index in [2.05, 4.69) is 6.58 Å². The highest BCUT2D eigenvalue weighted by Crippen LogP contribution is 2.23. The molecule has 20 heavy (non-hydrogen) atoms. The van der Waals surface area contributed by atoms with Crippen LogP contribution in [0.25, 0.3) is 0 Å². The number of carbonyl (C=O) groups is 1. The number of hydrogen-bond acceptors (Lipinski definition) is 4. The number of aliphatic hydroxyl groups excluding tert-OH is 1. The van der Waals surface area contributed by atoms with Crippen molar-refractivity contribution in [2.24, 2.45) is 0 Å². The van der Waals surface area contributed by atoms with Crippen LogP contribution < -0.4 is 0 Å². The van der Waals surface area contributed by atoms with Crippen molar-refractivity contribution in [1.29, 1.82) is 0 Å². The molecule has 0 heterocycles. The van der Waals surface area contributed by atoms with Crippen LogP contribution in [0.15, 0.2) is 35.7 Å². The average molecular weight is 320 g/mol. The van der Waals surface area contributed by atoms with Crippen LogP contribution in [0.4, 0.5) is 0 Å². The molecule has 1 aromatic rings. The summed E-state index contributed by atoms with van der Waals surface area (Å²) in [6.45, 7) is 2.99. The molecule has 6 nitrogen and oxygen atoms in total. The predicted octanol–water partition coefficient (Wildman–Crippen LogP) is 1.21. The summed E-state index contributed by atoms with van der Waals surface area (Å²) in [5, 5.41) is 17.8. The molecule has 0 bridgehead atoms. The first-order valence-electron chi connectivity index (χ1n) is 5.59. The molecule has 0 unspecified atom stereocenters. The van der Waals surface area contributed by atoms with E-state index in [0.717, 1.165) is 10.4 Å². The number of benzene rings is 1. The largest absolute Gasteiger partial charge is 0.478 e. The number of aromatic carboxylic acids is 1. The lowest BCUT2D eigenvalue weighted by molar-refractivity contribution is 0.0697. The minimum atomic E-state index is -3.92. The van der Waals surface area contributed by atoms with Gasteiger partial charge >= 0.3 is 5.97 Å². The van der Waals surface area contributed by atoms with E-state index in [1.54, 1.807) is 0 Å². The van der Waals surface area contributed by atoms with Gasteiger partial charge in [-0.25, -0.2) is 13.2 Å². The fourth-order valence-electron chi connectivity index (χ4n) is 1.54. The lowest BCUT2D eigenvalue weighted by Crippen LogP contribution is -2.33. The van der Waals surface area contributed by atoms with Crippen LogP contribution in [-0.4, -0.2) is 48.6 Å². The topological polar surface area (TPSA) is 94.9 Å². The van der Waals surface area contributed by atoms with Crippen LogP contribution in [0.1, 0.15) is 10.4 Å². The molecule has 0 aliphatic carbocycles. The van der Waals surface area contributed by atoms with Crippen LogP contribution in [-0.2, 0) is 10.0 Å². The molecular formula is C12H14ClNO5S. The first kappa shape index (κ1) is 16.6. The summed E-state index contributed by atoms with van der Waals surface area (Å²) in [5.74, 6) is -1.32. The molecule has 0 radical (unpaired) electrons. The molecule has 0 aliphatic heterocycles. The Morgan fingerprint density at radius 3 is 2.60 bits per heavy atom.